The third kappa shape index (κ3) is 47.4. The Balaban J connectivity index is 4.30. The van der Waals surface area contributed by atoms with Gasteiger partial charge in [0.2, 0.25) is 5.91 Å². The number of rotatable bonds is 54. The lowest BCUT2D eigenvalue weighted by atomic mass is 10.0. The molecule has 382 valence electrons. The Morgan fingerprint density at radius 1 is 0.391 bits per heavy atom. The Hall–Kier alpha value is -1.14. The molecule has 0 spiro atoms. The van der Waals surface area contributed by atoms with E-state index in [2.05, 4.69) is 26.1 Å². The first kappa shape index (κ1) is 62.9. The van der Waals surface area contributed by atoms with E-state index in [9.17, 15) is 19.8 Å². The minimum atomic E-state index is -0.780. The number of ether oxygens (including phenoxy) is 1. The van der Waals surface area contributed by atoms with Gasteiger partial charge in [0, 0.05) is 6.42 Å². The number of hydrogen-bond donors (Lipinski definition) is 3. The zero-order chi connectivity index (χ0) is 46.7. The van der Waals surface area contributed by atoms with E-state index < -0.39 is 18.2 Å². The Labute approximate surface area is 400 Å². The molecule has 64 heavy (non-hydrogen) atoms. The summed E-state index contributed by atoms with van der Waals surface area (Å²) in [6.07, 6.45) is 59.0. The number of carbonyl (C=O) groups is 2. The van der Waals surface area contributed by atoms with Gasteiger partial charge in [-0.15, -0.1) is 0 Å². The van der Waals surface area contributed by atoms with Crippen molar-refractivity contribution < 1.29 is 24.5 Å². The summed E-state index contributed by atoms with van der Waals surface area (Å²) in [6.45, 7) is 6.52. The molecule has 0 rings (SSSR count). The van der Waals surface area contributed by atoms with Crippen LogP contribution in [-0.4, -0.2) is 46.9 Å². The van der Waals surface area contributed by atoms with E-state index in [0.29, 0.717) is 19.3 Å². The first-order valence-electron chi connectivity index (χ1n) is 29.3. The summed E-state index contributed by atoms with van der Waals surface area (Å²) in [7, 11) is 0. The van der Waals surface area contributed by atoms with Crippen molar-refractivity contribution in [3.05, 3.63) is 0 Å². The first-order chi connectivity index (χ1) is 31.5. The van der Waals surface area contributed by atoms with Crippen LogP contribution in [0.2, 0.25) is 0 Å². The zero-order valence-electron chi connectivity index (χ0n) is 43.7. The van der Waals surface area contributed by atoms with Crippen LogP contribution in [0.25, 0.3) is 0 Å². The van der Waals surface area contributed by atoms with Crippen molar-refractivity contribution in [2.45, 2.75) is 354 Å². The normalized spacial score (nSPS) is 13.0. The van der Waals surface area contributed by atoms with E-state index in [-0.39, 0.29) is 24.9 Å². The predicted molar refractivity (Wildman–Crippen MR) is 278 cm³/mol. The van der Waals surface area contributed by atoms with Gasteiger partial charge in [-0.05, 0) is 25.7 Å². The van der Waals surface area contributed by atoms with Crippen LogP contribution < -0.4 is 5.32 Å². The lowest BCUT2D eigenvalue weighted by Crippen LogP contribution is -2.46. The molecule has 0 aliphatic rings. The molecule has 6 heteroatoms. The van der Waals surface area contributed by atoms with Gasteiger partial charge in [-0.2, -0.15) is 0 Å². The van der Waals surface area contributed by atoms with Crippen LogP contribution in [0.3, 0.4) is 0 Å². The second-order valence-corrected chi connectivity index (χ2v) is 20.4. The fraction of sp³-hybridized carbons (Fsp3) is 0.966. The topological polar surface area (TPSA) is 95.9 Å². The van der Waals surface area contributed by atoms with E-state index in [1.54, 1.807) is 0 Å². The maximum absolute atomic E-state index is 13.2. The Morgan fingerprint density at radius 3 is 0.953 bits per heavy atom. The molecule has 6 nitrogen and oxygen atoms in total. The molecule has 0 aromatic heterocycles. The molecule has 1 amide bonds. The van der Waals surface area contributed by atoms with Crippen LogP contribution >= 0.6 is 0 Å². The highest BCUT2D eigenvalue weighted by atomic mass is 16.5. The number of unbranched alkanes of at least 4 members (excludes halogenated alkanes) is 42. The number of nitrogens with one attached hydrogen (secondary N) is 1. The monoisotopic (exact) mass is 906 g/mol. The SMILES string of the molecule is CCCCCCCCCCCCCCCCCCCCCC(=O)OC(CCCCCCCCCCC)CC(=O)NC(CO)C(O)CCCCCCCCCCCCCCCCCCC. The fourth-order valence-electron chi connectivity index (χ4n) is 9.49. The van der Waals surface area contributed by atoms with Crippen LogP contribution in [0.5, 0.6) is 0 Å². The van der Waals surface area contributed by atoms with Gasteiger partial charge in [-0.1, -0.05) is 297 Å². The van der Waals surface area contributed by atoms with Gasteiger partial charge in [0.25, 0.3) is 0 Å². The molecule has 3 N–H and O–H groups in total. The highest BCUT2D eigenvalue weighted by molar-refractivity contribution is 5.77. The molecule has 3 atom stereocenters. The summed E-state index contributed by atoms with van der Waals surface area (Å²) >= 11 is 0. The lowest BCUT2D eigenvalue weighted by molar-refractivity contribution is -0.151. The highest BCUT2D eigenvalue weighted by Crippen LogP contribution is 2.19. The average Bonchev–Trinajstić information content (AvgIpc) is 3.29. The number of carbonyl (C=O) groups excluding carboxylic acids is 2. The fourth-order valence-corrected chi connectivity index (χ4v) is 9.49. The van der Waals surface area contributed by atoms with Gasteiger partial charge in [0.15, 0.2) is 0 Å². The van der Waals surface area contributed by atoms with Crippen molar-refractivity contribution in [2.75, 3.05) is 6.61 Å². The van der Waals surface area contributed by atoms with Crippen molar-refractivity contribution in [1.82, 2.24) is 5.32 Å². The van der Waals surface area contributed by atoms with Crippen LogP contribution in [0.15, 0.2) is 0 Å². The van der Waals surface area contributed by atoms with E-state index >= 15 is 0 Å². The van der Waals surface area contributed by atoms with E-state index in [1.165, 1.54) is 250 Å². The standard InChI is InChI=1S/C58H115NO5/c1-4-7-10-13-16-19-21-23-25-27-28-30-32-34-36-39-42-45-48-51-58(63)64-54(49-46-43-40-37-18-15-12-9-6-3)52-57(62)59-55(53-60)56(61)50-47-44-41-38-35-33-31-29-26-24-22-20-17-14-11-8-5-2/h54-56,60-61H,4-53H2,1-3H3,(H,59,62). The van der Waals surface area contributed by atoms with Crippen molar-refractivity contribution >= 4 is 11.9 Å². The van der Waals surface area contributed by atoms with Gasteiger partial charge >= 0.3 is 5.97 Å². The van der Waals surface area contributed by atoms with E-state index in [4.69, 9.17) is 4.74 Å². The molecular formula is C58H115NO5. The van der Waals surface area contributed by atoms with Crippen LogP contribution in [0, 0.1) is 0 Å². The average molecular weight is 907 g/mol. The summed E-state index contributed by atoms with van der Waals surface area (Å²) < 4.78 is 5.95. The quantitative estimate of drug-likeness (QED) is 0.0417. The highest BCUT2D eigenvalue weighted by Gasteiger charge is 2.24. The first-order valence-corrected chi connectivity index (χ1v) is 29.3. The third-order valence-electron chi connectivity index (χ3n) is 13.9. The van der Waals surface area contributed by atoms with Gasteiger partial charge in [0.1, 0.15) is 6.10 Å². The largest absolute Gasteiger partial charge is 0.462 e. The molecule has 0 fully saturated rings. The van der Waals surface area contributed by atoms with Crippen molar-refractivity contribution in [3.8, 4) is 0 Å². The molecule has 0 heterocycles. The van der Waals surface area contributed by atoms with Crippen LogP contribution in [-0.2, 0) is 14.3 Å². The number of aliphatic hydroxyl groups is 2. The van der Waals surface area contributed by atoms with Crippen molar-refractivity contribution in [2.24, 2.45) is 0 Å². The molecule has 0 aromatic rings. The molecule has 3 unspecified atom stereocenters. The molecule has 0 saturated carbocycles. The summed E-state index contributed by atoms with van der Waals surface area (Å²) in [6, 6.07) is -0.692. The van der Waals surface area contributed by atoms with E-state index in [0.717, 1.165) is 38.5 Å². The maximum Gasteiger partial charge on any atom is 0.306 e. The van der Waals surface area contributed by atoms with Crippen LogP contribution in [0.4, 0.5) is 0 Å². The number of amides is 1. The van der Waals surface area contributed by atoms with Gasteiger partial charge < -0.3 is 20.3 Å². The Bertz CT molecular complexity index is 928. The van der Waals surface area contributed by atoms with Gasteiger partial charge in [-0.3, -0.25) is 9.59 Å². The van der Waals surface area contributed by atoms with Gasteiger partial charge in [0.05, 0.1) is 25.2 Å². The number of aliphatic hydroxyl groups excluding tert-OH is 2. The van der Waals surface area contributed by atoms with Crippen LogP contribution in [0.1, 0.15) is 335 Å². The maximum atomic E-state index is 13.2. The summed E-state index contributed by atoms with van der Waals surface area (Å²) in [5.41, 5.74) is 0. The molecule has 0 aromatic carbocycles. The second kappa shape index (κ2) is 52.8. The van der Waals surface area contributed by atoms with Crippen molar-refractivity contribution in [1.29, 1.82) is 0 Å². The summed E-state index contributed by atoms with van der Waals surface area (Å²) in [5.74, 6) is -0.448. The lowest BCUT2D eigenvalue weighted by Gasteiger charge is -2.24. The molecule has 0 radical (unpaired) electrons. The van der Waals surface area contributed by atoms with Crippen molar-refractivity contribution in [3.63, 3.8) is 0 Å². The Morgan fingerprint density at radius 2 is 0.656 bits per heavy atom. The molecule has 0 aliphatic heterocycles. The zero-order valence-corrected chi connectivity index (χ0v) is 43.7. The summed E-state index contributed by atoms with van der Waals surface area (Å²) in [5, 5.41) is 23.9. The second-order valence-electron chi connectivity index (χ2n) is 20.4. The smallest absolute Gasteiger partial charge is 0.306 e. The molecule has 0 saturated heterocycles. The molecule has 0 aliphatic carbocycles. The number of hydrogen-bond acceptors (Lipinski definition) is 5. The predicted octanol–water partition coefficient (Wildman–Crippen LogP) is 17.9. The van der Waals surface area contributed by atoms with Gasteiger partial charge in [-0.25, -0.2) is 0 Å². The molecule has 0 bridgehead atoms. The summed E-state index contributed by atoms with van der Waals surface area (Å²) in [4.78, 5) is 26.2. The molecular weight excluding hydrogens is 791 g/mol. The number of esters is 1. The minimum absolute atomic E-state index is 0.0876. The van der Waals surface area contributed by atoms with E-state index in [1.807, 2.05) is 0 Å². The third-order valence-corrected chi connectivity index (χ3v) is 13.9. The Kier molecular flexibility index (Phi) is 51.9. The minimum Gasteiger partial charge on any atom is -0.462 e.